The van der Waals surface area contributed by atoms with Crippen molar-refractivity contribution in [1.29, 1.82) is 0 Å². The number of amides is 1. The van der Waals surface area contributed by atoms with Gasteiger partial charge in [-0.25, -0.2) is 0 Å². The van der Waals surface area contributed by atoms with Gasteiger partial charge in [0.2, 0.25) is 0 Å². The zero-order chi connectivity index (χ0) is 18.5. The molecule has 0 spiro atoms. The minimum absolute atomic E-state index is 0.170. The number of hydrogen-bond donors (Lipinski definition) is 3. The highest BCUT2D eigenvalue weighted by atomic mass is 32.1. The number of thiocarbonyl (C=S) groups is 1. The summed E-state index contributed by atoms with van der Waals surface area (Å²) in [6.07, 6.45) is 4.86. The standard InChI is InChI=1S/C20H25N3OS2/c1-13-7-9-15(10-8-13)16-11-12-26-18(16)19(24)22-23-20(25)21-17-6-4-3-5-14(17)2/h7-12,14,17H,3-6H2,1-2H3,(H,22,24)(H2,21,23,25)/t14-,17-/m0/s1. The maximum atomic E-state index is 12.6. The summed E-state index contributed by atoms with van der Waals surface area (Å²) in [5, 5.41) is 5.74. The molecule has 2 aromatic rings. The van der Waals surface area contributed by atoms with Crippen LogP contribution in [0.5, 0.6) is 0 Å². The molecule has 26 heavy (non-hydrogen) atoms. The second kappa shape index (κ2) is 8.64. The van der Waals surface area contributed by atoms with Crippen molar-refractivity contribution in [1.82, 2.24) is 16.2 Å². The molecule has 0 bridgehead atoms. The number of carbonyl (C=O) groups excluding carboxylic acids is 1. The topological polar surface area (TPSA) is 53.2 Å². The lowest BCUT2D eigenvalue weighted by molar-refractivity contribution is 0.0948. The average molecular weight is 388 g/mol. The van der Waals surface area contributed by atoms with Gasteiger partial charge in [0.1, 0.15) is 4.88 Å². The van der Waals surface area contributed by atoms with Gasteiger partial charge in [-0.05, 0) is 54.9 Å². The van der Waals surface area contributed by atoms with Crippen molar-refractivity contribution in [2.75, 3.05) is 0 Å². The Morgan fingerprint density at radius 3 is 2.58 bits per heavy atom. The Balaban J connectivity index is 1.58. The molecule has 0 unspecified atom stereocenters. The summed E-state index contributed by atoms with van der Waals surface area (Å²) in [4.78, 5) is 13.3. The Morgan fingerprint density at radius 2 is 1.85 bits per heavy atom. The molecule has 1 aliphatic rings. The Labute approximate surface area is 164 Å². The molecule has 1 saturated carbocycles. The zero-order valence-electron chi connectivity index (χ0n) is 15.2. The molecule has 6 heteroatoms. The number of aryl methyl sites for hydroxylation is 1. The van der Waals surface area contributed by atoms with E-state index in [0.29, 0.717) is 21.9 Å². The van der Waals surface area contributed by atoms with Gasteiger partial charge in [0, 0.05) is 11.6 Å². The van der Waals surface area contributed by atoms with E-state index in [9.17, 15) is 4.79 Å². The van der Waals surface area contributed by atoms with E-state index in [0.717, 1.165) is 17.5 Å². The minimum atomic E-state index is -0.170. The molecule has 4 nitrogen and oxygen atoms in total. The number of thiophene rings is 1. The van der Waals surface area contributed by atoms with E-state index in [4.69, 9.17) is 12.2 Å². The van der Waals surface area contributed by atoms with Crippen molar-refractivity contribution in [3.63, 3.8) is 0 Å². The smallest absolute Gasteiger partial charge is 0.280 e. The number of rotatable bonds is 3. The molecule has 0 aliphatic heterocycles. The number of carbonyl (C=O) groups is 1. The van der Waals surface area contributed by atoms with E-state index in [1.165, 1.54) is 36.2 Å². The molecule has 0 radical (unpaired) electrons. The molecule has 1 aromatic heterocycles. The summed E-state index contributed by atoms with van der Waals surface area (Å²) < 4.78 is 0. The first kappa shape index (κ1) is 18.9. The van der Waals surface area contributed by atoms with E-state index in [1.807, 2.05) is 23.6 Å². The summed E-state index contributed by atoms with van der Waals surface area (Å²) in [5.74, 6) is 0.432. The largest absolute Gasteiger partial charge is 0.358 e. The Morgan fingerprint density at radius 1 is 1.12 bits per heavy atom. The number of benzene rings is 1. The molecule has 1 amide bonds. The predicted molar refractivity (Wildman–Crippen MR) is 112 cm³/mol. The molecule has 2 atom stereocenters. The van der Waals surface area contributed by atoms with Crippen molar-refractivity contribution < 1.29 is 4.79 Å². The van der Waals surface area contributed by atoms with Crippen LogP contribution in [0.1, 0.15) is 47.8 Å². The number of hydrogen-bond acceptors (Lipinski definition) is 3. The Hall–Kier alpha value is -1.92. The SMILES string of the molecule is Cc1ccc(-c2ccsc2C(=O)NNC(=S)N[C@H]2CCCC[C@@H]2C)cc1. The van der Waals surface area contributed by atoms with E-state index in [1.54, 1.807) is 0 Å². The molecule has 3 N–H and O–H groups in total. The third-order valence-electron chi connectivity index (χ3n) is 4.95. The minimum Gasteiger partial charge on any atom is -0.358 e. The molecule has 1 heterocycles. The molecule has 3 rings (SSSR count). The van der Waals surface area contributed by atoms with E-state index in [-0.39, 0.29) is 5.91 Å². The van der Waals surface area contributed by atoms with Gasteiger partial charge in [-0.2, -0.15) is 0 Å². The third-order valence-corrected chi connectivity index (χ3v) is 6.08. The molecular weight excluding hydrogens is 362 g/mol. The molecule has 1 aromatic carbocycles. The normalized spacial score (nSPS) is 19.6. The van der Waals surface area contributed by atoms with Crippen molar-refractivity contribution in [3.8, 4) is 11.1 Å². The molecule has 0 saturated heterocycles. The van der Waals surface area contributed by atoms with Gasteiger partial charge < -0.3 is 5.32 Å². The summed E-state index contributed by atoms with van der Waals surface area (Å²) in [7, 11) is 0. The van der Waals surface area contributed by atoms with Crippen LogP contribution in [-0.2, 0) is 0 Å². The third kappa shape index (κ3) is 4.62. The quantitative estimate of drug-likeness (QED) is 0.539. The van der Waals surface area contributed by atoms with Crippen LogP contribution in [0.3, 0.4) is 0 Å². The highest BCUT2D eigenvalue weighted by Gasteiger charge is 2.22. The van der Waals surface area contributed by atoms with Crippen molar-refractivity contribution >= 4 is 34.6 Å². The molecule has 138 valence electrons. The van der Waals surface area contributed by atoms with Crippen LogP contribution in [0, 0.1) is 12.8 Å². The van der Waals surface area contributed by atoms with E-state index in [2.05, 4.69) is 42.1 Å². The van der Waals surface area contributed by atoms with Gasteiger partial charge in [0.05, 0.1) is 0 Å². The Kier molecular flexibility index (Phi) is 6.27. The lowest BCUT2D eigenvalue weighted by Gasteiger charge is -2.30. The van der Waals surface area contributed by atoms with Gasteiger partial charge in [0.15, 0.2) is 5.11 Å². The fourth-order valence-electron chi connectivity index (χ4n) is 3.35. The predicted octanol–water partition coefficient (Wildman–Crippen LogP) is 4.41. The highest BCUT2D eigenvalue weighted by molar-refractivity contribution is 7.80. The Bertz CT molecular complexity index is 770. The van der Waals surface area contributed by atoms with Crippen LogP contribution < -0.4 is 16.2 Å². The summed E-state index contributed by atoms with van der Waals surface area (Å²) in [6, 6.07) is 10.5. The molecular formula is C20H25N3OS2. The van der Waals surface area contributed by atoms with Gasteiger partial charge in [-0.1, -0.05) is 49.6 Å². The summed E-state index contributed by atoms with van der Waals surface area (Å²) >= 11 is 6.77. The van der Waals surface area contributed by atoms with Gasteiger partial charge in [0.25, 0.3) is 5.91 Å². The fraction of sp³-hybridized carbons (Fsp3) is 0.400. The monoisotopic (exact) mass is 387 g/mol. The molecule has 1 fully saturated rings. The first-order valence-corrected chi connectivity index (χ1v) is 10.3. The van der Waals surface area contributed by atoms with Crippen molar-refractivity contribution in [3.05, 3.63) is 46.2 Å². The van der Waals surface area contributed by atoms with Crippen LogP contribution >= 0.6 is 23.6 Å². The number of nitrogens with one attached hydrogen (secondary N) is 3. The highest BCUT2D eigenvalue weighted by Crippen LogP contribution is 2.28. The maximum Gasteiger partial charge on any atom is 0.280 e. The first-order valence-electron chi connectivity index (χ1n) is 9.06. The van der Waals surface area contributed by atoms with Crippen LogP contribution in [-0.4, -0.2) is 17.1 Å². The summed E-state index contributed by atoms with van der Waals surface area (Å²) in [5.41, 5.74) is 8.76. The van der Waals surface area contributed by atoms with Crippen LogP contribution in [0.4, 0.5) is 0 Å². The zero-order valence-corrected chi connectivity index (χ0v) is 16.8. The first-order chi connectivity index (χ1) is 12.5. The van der Waals surface area contributed by atoms with Crippen molar-refractivity contribution in [2.45, 2.75) is 45.6 Å². The van der Waals surface area contributed by atoms with Gasteiger partial charge in [-0.3, -0.25) is 15.6 Å². The van der Waals surface area contributed by atoms with Crippen LogP contribution in [0.2, 0.25) is 0 Å². The lowest BCUT2D eigenvalue weighted by Crippen LogP contribution is -2.51. The lowest BCUT2D eigenvalue weighted by atomic mass is 9.86. The summed E-state index contributed by atoms with van der Waals surface area (Å²) in [6.45, 7) is 4.30. The fourth-order valence-corrected chi connectivity index (χ4v) is 4.36. The van der Waals surface area contributed by atoms with Crippen molar-refractivity contribution in [2.24, 2.45) is 5.92 Å². The van der Waals surface area contributed by atoms with E-state index >= 15 is 0 Å². The average Bonchev–Trinajstić information content (AvgIpc) is 3.12. The second-order valence-corrected chi connectivity index (χ2v) is 8.27. The molecule has 1 aliphatic carbocycles. The van der Waals surface area contributed by atoms with Gasteiger partial charge >= 0.3 is 0 Å². The van der Waals surface area contributed by atoms with Gasteiger partial charge in [-0.15, -0.1) is 11.3 Å². The van der Waals surface area contributed by atoms with Crippen LogP contribution in [0.25, 0.3) is 11.1 Å². The van der Waals surface area contributed by atoms with E-state index < -0.39 is 0 Å². The maximum absolute atomic E-state index is 12.6. The van der Waals surface area contributed by atoms with Crippen LogP contribution in [0.15, 0.2) is 35.7 Å². The number of hydrazine groups is 1. The second-order valence-electron chi connectivity index (χ2n) is 6.95.